The molecule has 1 amide bonds. The van der Waals surface area contributed by atoms with Crippen LogP contribution in [0.3, 0.4) is 0 Å². The van der Waals surface area contributed by atoms with Gasteiger partial charge in [-0.15, -0.1) is 11.8 Å². The predicted molar refractivity (Wildman–Crippen MR) is 146 cm³/mol. The summed E-state index contributed by atoms with van der Waals surface area (Å²) in [5.74, 6) is 3.82. The van der Waals surface area contributed by atoms with Gasteiger partial charge in [0.25, 0.3) is 0 Å². The summed E-state index contributed by atoms with van der Waals surface area (Å²) in [7, 11) is 4.90. The first-order valence-corrected chi connectivity index (χ1v) is 14.3. The minimum atomic E-state index is -0.216. The number of benzene rings is 2. The Morgan fingerprint density at radius 3 is 2.49 bits per heavy atom. The molecule has 2 aromatic carbocycles. The first kappa shape index (κ1) is 24.4. The molecule has 37 heavy (non-hydrogen) atoms. The van der Waals surface area contributed by atoms with Gasteiger partial charge in [0.15, 0.2) is 11.5 Å². The Labute approximate surface area is 224 Å². The second-order valence-electron chi connectivity index (χ2n) is 9.99. The number of aromatic nitrogens is 1. The van der Waals surface area contributed by atoms with Crippen LogP contribution in [-0.4, -0.2) is 37.1 Å². The first-order valence-electron chi connectivity index (χ1n) is 12.6. The van der Waals surface area contributed by atoms with E-state index >= 15 is 0 Å². The molecule has 2 heterocycles. The largest absolute Gasteiger partial charge is 0.497 e. The molecule has 0 saturated heterocycles. The number of anilines is 1. The lowest BCUT2D eigenvalue weighted by atomic mass is 9.75. The van der Waals surface area contributed by atoms with E-state index in [0.717, 1.165) is 21.2 Å². The van der Waals surface area contributed by atoms with Crippen LogP contribution in [0.15, 0.2) is 52.3 Å². The van der Waals surface area contributed by atoms with Crippen molar-refractivity contribution in [2.24, 2.45) is 17.8 Å². The summed E-state index contributed by atoms with van der Waals surface area (Å²) >= 11 is 3.12. The third-order valence-corrected chi connectivity index (χ3v) is 11.0. The number of ether oxygens (including phenoxy) is 3. The Morgan fingerprint density at radius 2 is 1.76 bits per heavy atom. The Hall–Kier alpha value is -2.91. The minimum absolute atomic E-state index is 0.00612. The van der Waals surface area contributed by atoms with Crippen LogP contribution >= 0.6 is 23.1 Å². The fourth-order valence-corrected chi connectivity index (χ4v) is 9.68. The van der Waals surface area contributed by atoms with Gasteiger partial charge in [0.1, 0.15) is 12.3 Å². The fraction of sp³-hybridized carbons (Fsp3) is 0.429. The van der Waals surface area contributed by atoms with Gasteiger partial charge >= 0.3 is 4.87 Å². The van der Waals surface area contributed by atoms with E-state index in [1.54, 1.807) is 50.2 Å². The van der Waals surface area contributed by atoms with E-state index in [1.807, 2.05) is 17.8 Å². The predicted octanol–water partition coefficient (Wildman–Crippen LogP) is 5.23. The van der Waals surface area contributed by atoms with Crippen molar-refractivity contribution >= 4 is 34.7 Å². The number of carbonyl (C=O) groups is 1. The SMILES string of the molecule is COc1ccc(NC(=O)Cn2c3c(sc2=O)[C@H](c2ccc(OC)c(OC)c2)C2C4CCC(C4)C2S3)cc1. The lowest BCUT2D eigenvalue weighted by Crippen LogP contribution is -2.34. The molecular weight excluding hydrogens is 508 g/mol. The molecule has 5 atom stereocenters. The molecule has 3 aromatic rings. The van der Waals surface area contributed by atoms with Crippen LogP contribution in [-0.2, 0) is 11.3 Å². The molecule has 1 aliphatic heterocycles. The molecular formula is C28H30N2O5S2. The fourth-order valence-electron chi connectivity index (χ4n) is 6.53. The summed E-state index contributed by atoms with van der Waals surface area (Å²) in [6, 6.07) is 13.3. The number of hydrogen-bond acceptors (Lipinski definition) is 7. The molecule has 6 rings (SSSR count). The first-order chi connectivity index (χ1) is 18.0. The number of nitrogens with one attached hydrogen (secondary N) is 1. The van der Waals surface area contributed by atoms with Gasteiger partial charge in [0, 0.05) is 21.7 Å². The minimum Gasteiger partial charge on any atom is -0.497 e. The lowest BCUT2D eigenvalue weighted by molar-refractivity contribution is -0.116. The van der Waals surface area contributed by atoms with Crippen molar-refractivity contribution in [1.82, 2.24) is 4.57 Å². The Bertz CT molecular complexity index is 1380. The molecule has 3 aliphatic rings. The van der Waals surface area contributed by atoms with E-state index in [-0.39, 0.29) is 23.2 Å². The maximum Gasteiger partial charge on any atom is 0.308 e. The Kier molecular flexibility index (Phi) is 6.44. The monoisotopic (exact) mass is 538 g/mol. The second-order valence-corrected chi connectivity index (χ2v) is 12.1. The number of thioether (sulfide) groups is 1. The average Bonchev–Trinajstić information content (AvgIpc) is 3.62. The van der Waals surface area contributed by atoms with Crippen LogP contribution in [0.1, 0.15) is 35.6 Å². The lowest BCUT2D eigenvalue weighted by Gasteiger charge is -2.40. The maximum absolute atomic E-state index is 13.3. The van der Waals surface area contributed by atoms with Crippen LogP contribution < -0.4 is 24.4 Å². The number of rotatable bonds is 7. The molecule has 194 valence electrons. The molecule has 7 nitrogen and oxygen atoms in total. The van der Waals surface area contributed by atoms with Gasteiger partial charge in [-0.2, -0.15) is 0 Å². The number of nitrogens with zero attached hydrogens (tertiary/aromatic N) is 1. The topological polar surface area (TPSA) is 78.8 Å². The molecule has 2 bridgehead atoms. The molecule has 9 heteroatoms. The van der Waals surface area contributed by atoms with Gasteiger partial charge in [0.2, 0.25) is 5.91 Å². The van der Waals surface area contributed by atoms with Crippen molar-refractivity contribution in [3.05, 3.63) is 62.6 Å². The zero-order valence-corrected chi connectivity index (χ0v) is 22.7. The summed E-state index contributed by atoms with van der Waals surface area (Å²) in [6.07, 6.45) is 3.76. The van der Waals surface area contributed by atoms with Crippen molar-refractivity contribution in [3.8, 4) is 17.2 Å². The number of hydrogen-bond donors (Lipinski definition) is 1. The van der Waals surface area contributed by atoms with Crippen molar-refractivity contribution in [2.75, 3.05) is 26.6 Å². The molecule has 1 aromatic heterocycles. The number of amides is 1. The smallest absolute Gasteiger partial charge is 0.308 e. The molecule has 2 fully saturated rings. The zero-order chi connectivity index (χ0) is 25.7. The van der Waals surface area contributed by atoms with E-state index in [9.17, 15) is 9.59 Å². The summed E-state index contributed by atoms with van der Waals surface area (Å²) in [5.41, 5.74) is 1.82. The van der Waals surface area contributed by atoms with E-state index in [2.05, 4.69) is 17.4 Å². The highest BCUT2D eigenvalue weighted by Crippen LogP contribution is 2.64. The summed E-state index contributed by atoms with van der Waals surface area (Å²) in [4.78, 5) is 27.3. The number of fused-ring (bicyclic) bond motifs is 6. The molecule has 4 unspecified atom stereocenters. The van der Waals surface area contributed by atoms with Gasteiger partial charge in [0.05, 0.1) is 26.4 Å². The van der Waals surface area contributed by atoms with Crippen LogP contribution in [0.4, 0.5) is 5.69 Å². The summed E-state index contributed by atoms with van der Waals surface area (Å²) in [5, 5.41) is 4.33. The van der Waals surface area contributed by atoms with Crippen molar-refractivity contribution in [3.63, 3.8) is 0 Å². The standard InChI is InChI=1S/C28H30N2O5S2/c1-33-19-9-7-18(8-10-19)29-22(31)14-30-27-26(37-28(30)32)24(16-6-11-20(34-2)21(13-16)35-3)23-15-4-5-17(12-15)25(23)36-27/h6-11,13,15,17,23-25H,4-5,12,14H2,1-3H3,(H,29,31)/t15?,17?,23?,24-,25?/m1/s1. The van der Waals surface area contributed by atoms with Crippen molar-refractivity contribution in [1.29, 1.82) is 0 Å². The number of thiazole rings is 1. The maximum atomic E-state index is 13.3. The van der Waals surface area contributed by atoms with Crippen LogP contribution in [0.5, 0.6) is 17.2 Å². The van der Waals surface area contributed by atoms with Gasteiger partial charge in [-0.05, 0) is 79.0 Å². The molecule has 2 aliphatic carbocycles. The number of carbonyl (C=O) groups excluding carboxylic acids is 1. The van der Waals surface area contributed by atoms with Gasteiger partial charge in [-0.3, -0.25) is 14.2 Å². The molecule has 1 N–H and O–H groups in total. The third kappa shape index (κ3) is 4.22. The Morgan fingerprint density at radius 1 is 1.00 bits per heavy atom. The van der Waals surface area contributed by atoms with E-state index in [4.69, 9.17) is 14.2 Å². The van der Waals surface area contributed by atoms with Crippen LogP contribution in [0.2, 0.25) is 0 Å². The highest BCUT2D eigenvalue weighted by molar-refractivity contribution is 8.00. The van der Waals surface area contributed by atoms with E-state index in [1.165, 1.54) is 30.6 Å². The highest BCUT2D eigenvalue weighted by atomic mass is 32.2. The van der Waals surface area contributed by atoms with Gasteiger partial charge in [-0.25, -0.2) is 0 Å². The zero-order valence-electron chi connectivity index (χ0n) is 21.1. The number of methoxy groups -OCH3 is 3. The normalized spacial score (nSPS) is 25.3. The quantitative estimate of drug-likeness (QED) is 0.444. The highest BCUT2D eigenvalue weighted by Gasteiger charge is 2.55. The third-order valence-electron chi connectivity index (χ3n) is 8.13. The van der Waals surface area contributed by atoms with Crippen molar-refractivity contribution in [2.45, 2.75) is 42.0 Å². The molecule has 0 spiro atoms. The summed E-state index contributed by atoms with van der Waals surface area (Å²) < 4.78 is 18.0. The van der Waals surface area contributed by atoms with Gasteiger partial charge < -0.3 is 19.5 Å². The van der Waals surface area contributed by atoms with Crippen LogP contribution in [0, 0.1) is 17.8 Å². The van der Waals surface area contributed by atoms with E-state index < -0.39 is 0 Å². The average molecular weight is 539 g/mol. The Balaban J connectivity index is 1.35. The van der Waals surface area contributed by atoms with Gasteiger partial charge in [-0.1, -0.05) is 17.4 Å². The van der Waals surface area contributed by atoms with E-state index in [0.29, 0.717) is 40.2 Å². The van der Waals surface area contributed by atoms with Crippen molar-refractivity contribution < 1.29 is 19.0 Å². The van der Waals surface area contributed by atoms with Crippen LogP contribution in [0.25, 0.3) is 0 Å². The molecule has 0 radical (unpaired) electrons. The second kappa shape index (κ2) is 9.76. The summed E-state index contributed by atoms with van der Waals surface area (Å²) in [6.45, 7) is -0.00612. The molecule has 2 saturated carbocycles.